The van der Waals surface area contributed by atoms with E-state index in [1.165, 1.54) is 0 Å². The number of ether oxygens (including phenoxy) is 1. The minimum absolute atomic E-state index is 0.201. The molecule has 126 valence electrons. The molecule has 0 bridgehead atoms. The summed E-state index contributed by atoms with van der Waals surface area (Å²) in [6.45, 7) is 3.36. The lowest BCUT2D eigenvalue weighted by Crippen LogP contribution is -2.33. The summed E-state index contributed by atoms with van der Waals surface area (Å²) >= 11 is 4.99. The van der Waals surface area contributed by atoms with Gasteiger partial charge in [0.1, 0.15) is 18.9 Å². The third-order valence-electron chi connectivity index (χ3n) is 2.83. The molecule has 1 aromatic carbocycles. The summed E-state index contributed by atoms with van der Waals surface area (Å²) < 4.78 is 7.30. The highest BCUT2D eigenvalue weighted by Crippen LogP contribution is 2.34. The van der Waals surface area contributed by atoms with Crippen LogP contribution < -0.4 is 4.74 Å². The molecule has 1 aliphatic heterocycles. The minimum atomic E-state index is -1.23. The molecule has 1 fully saturated rings. The Kier molecular flexibility index (Phi) is 6.69. The summed E-state index contributed by atoms with van der Waals surface area (Å²) in [5, 5.41) is 8.18. The molecule has 0 spiro atoms. The number of rotatable bonds is 6. The van der Waals surface area contributed by atoms with E-state index in [4.69, 9.17) is 9.84 Å². The Morgan fingerprint density at radius 3 is 2.50 bits per heavy atom. The van der Waals surface area contributed by atoms with Gasteiger partial charge in [-0.25, -0.2) is 0 Å². The van der Waals surface area contributed by atoms with Gasteiger partial charge < -0.3 is 9.84 Å². The van der Waals surface area contributed by atoms with E-state index in [0.29, 0.717) is 6.61 Å². The predicted molar refractivity (Wildman–Crippen MR) is 108 cm³/mol. The van der Waals surface area contributed by atoms with E-state index in [0.717, 1.165) is 35.1 Å². The number of imide groups is 1. The van der Waals surface area contributed by atoms with E-state index in [1.54, 1.807) is 12.2 Å². The van der Waals surface area contributed by atoms with E-state index in [9.17, 15) is 14.4 Å². The maximum absolute atomic E-state index is 12.1. The van der Waals surface area contributed by atoms with Gasteiger partial charge in [-0.3, -0.25) is 19.3 Å². The molecule has 2 amide bonds. The van der Waals surface area contributed by atoms with Crippen LogP contribution in [0.1, 0.15) is 5.56 Å². The topological polar surface area (TPSA) is 83.9 Å². The number of hydrogen-bond acceptors (Lipinski definition) is 5. The summed E-state index contributed by atoms with van der Waals surface area (Å²) in [6, 6.07) is 3.65. The highest BCUT2D eigenvalue weighted by molar-refractivity contribution is 14.1. The number of hydrogen-bond donors (Lipinski definition) is 1. The third kappa shape index (κ3) is 4.51. The van der Waals surface area contributed by atoms with Crippen LogP contribution >= 0.6 is 56.9 Å². The smallest absolute Gasteiger partial charge is 0.323 e. The van der Waals surface area contributed by atoms with Gasteiger partial charge >= 0.3 is 5.97 Å². The van der Waals surface area contributed by atoms with Crippen molar-refractivity contribution in [2.45, 2.75) is 0 Å². The lowest BCUT2D eigenvalue weighted by atomic mass is 10.2. The van der Waals surface area contributed by atoms with Gasteiger partial charge in [-0.1, -0.05) is 12.7 Å². The molecular formula is C15H11I2NO5S. The van der Waals surface area contributed by atoms with Gasteiger partial charge in [-0.2, -0.15) is 0 Å². The molecule has 1 N–H and O–H groups in total. The van der Waals surface area contributed by atoms with Crippen molar-refractivity contribution in [1.82, 2.24) is 4.90 Å². The maximum atomic E-state index is 12.1. The van der Waals surface area contributed by atoms with Gasteiger partial charge in [-0.05, 0) is 80.7 Å². The highest BCUT2D eigenvalue weighted by atomic mass is 127. The zero-order valence-electron chi connectivity index (χ0n) is 12.1. The molecule has 1 aromatic rings. The van der Waals surface area contributed by atoms with Crippen molar-refractivity contribution in [3.8, 4) is 5.75 Å². The van der Waals surface area contributed by atoms with Crippen molar-refractivity contribution in [2.24, 2.45) is 0 Å². The summed E-state index contributed by atoms with van der Waals surface area (Å²) in [6.07, 6.45) is 3.23. The fourth-order valence-corrected chi connectivity index (χ4v) is 4.83. The van der Waals surface area contributed by atoms with Gasteiger partial charge in [0, 0.05) is 0 Å². The Morgan fingerprint density at radius 1 is 1.33 bits per heavy atom. The van der Waals surface area contributed by atoms with Crippen LogP contribution in [0.15, 0.2) is 29.7 Å². The number of benzene rings is 1. The largest absolute Gasteiger partial charge is 0.487 e. The summed E-state index contributed by atoms with van der Waals surface area (Å²) in [7, 11) is 0. The van der Waals surface area contributed by atoms with Crippen molar-refractivity contribution in [3.63, 3.8) is 0 Å². The molecule has 24 heavy (non-hydrogen) atoms. The number of nitrogens with zero attached hydrogens (tertiary/aromatic N) is 1. The van der Waals surface area contributed by atoms with Crippen molar-refractivity contribution >= 4 is 80.1 Å². The second-order valence-electron chi connectivity index (χ2n) is 4.57. The number of thioether (sulfide) groups is 1. The number of halogens is 2. The quantitative estimate of drug-likeness (QED) is 0.320. The Morgan fingerprint density at radius 2 is 1.96 bits per heavy atom. The lowest BCUT2D eigenvalue weighted by Gasteiger charge is -2.10. The molecule has 6 nitrogen and oxygen atoms in total. The van der Waals surface area contributed by atoms with E-state index < -0.39 is 23.7 Å². The summed E-state index contributed by atoms with van der Waals surface area (Å²) in [5.41, 5.74) is 0.732. The van der Waals surface area contributed by atoms with E-state index in [2.05, 4.69) is 51.8 Å². The van der Waals surface area contributed by atoms with Crippen molar-refractivity contribution in [2.75, 3.05) is 13.2 Å². The van der Waals surface area contributed by atoms with Crippen LogP contribution in [-0.2, 0) is 9.59 Å². The normalized spacial score (nSPS) is 15.9. The first-order valence-corrected chi connectivity index (χ1v) is 9.50. The molecule has 0 unspecified atom stereocenters. The first-order valence-electron chi connectivity index (χ1n) is 6.53. The fourth-order valence-electron chi connectivity index (χ4n) is 1.87. The number of carboxylic acid groups (broad SMARTS) is 1. The SMILES string of the molecule is C=CCOc1c(I)cc(/C=C2/SC(=O)N(CC(=O)O)C2=O)cc1I. The molecule has 0 aromatic heterocycles. The summed E-state index contributed by atoms with van der Waals surface area (Å²) in [5.74, 6) is -1.09. The van der Waals surface area contributed by atoms with Crippen molar-refractivity contribution in [1.29, 1.82) is 0 Å². The number of carboxylic acids is 1. The average Bonchev–Trinajstić information content (AvgIpc) is 2.74. The fraction of sp³-hybridized carbons (Fsp3) is 0.133. The molecule has 1 saturated heterocycles. The Labute approximate surface area is 169 Å². The second-order valence-corrected chi connectivity index (χ2v) is 7.89. The van der Waals surface area contributed by atoms with E-state index >= 15 is 0 Å². The van der Waals surface area contributed by atoms with Gasteiger partial charge in [-0.15, -0.1) is 0 Å². The number of carbonyl (C=O) groups excluding carboxylic acids is 2. The molecule has 0 saturated carbocycles. The molecule has 2 rings (SSSR count). The molecule has 0 atom stereocenters. The molecule has 0 radical (unpaired) electrons. The molecule has 1 heterocycles. The molecule has 1 aliphatic rings. The van der Waals surface area contributed by atoms with Crippen molar-refractivity contribution in [3.05, 3.63) is 42.4 Å². The van der Waals surface area contributed by atoms with Crippen LogP contribution in [0.2, 0.25) is 0 Å². The van der Waals surface area contributed by atoms with Crippen LogP contribution in [0.5, 0.6) is 5.75 Å². The van der Waals surface area contributed by atoms with Crippen LogP contribution in [0, 0.1) is 7.14 Å². The van der Waals surface area contributed by atoms with E-state index in [1.807, 2.05) is 12.1 Å². The first-order chi connectivity index (χ1) is 11.3. The van der Waals surface area contributed by atoms with Gasteiger partial charge in [0.25, 0.3) is 11.1 Å². The maximum Gasteiger partial charge on any atom is 0.323 e. The van der Waals surface area contributed by atoms with Crippen molar-refractivity contribution < 1.29 is 24.2 Å². The second kappa shape index (κ2) is 8.34. The highest BCUT2D eigenvalue weighted by Gasteiger charge is 2.36. The number of carbonyl (C=O) groups is 3. The summed E-state index contributed by atoms with van der Waals surface area (Å²) in [4.78, 5) is 35.6. The Balaban J connectivity index is 2.28. The van der Waals surface area contributed by atoms with Crippen LogP contribution in [0.4, 0.5) is 4.79 Å². The van der Waals surface area contributed by atoms with Crippen LogP contribution in [0.3, 0.4) is 0 Å². The first kappa shape index (κ1) is 19.2. The predicted octanol–water partition coefficient (Wildman–Crippen LogP) is 3.58. The Hall–Kier alpha value is -1.08. The monoisotopic (exact) mass is 571 g/mol. The molecular weight excluding hydrogens is 560 g/mol. The minimum Gasteiger partial charge on any atom is -0.487 e. The van der Waals surface area contributed by atoms with Crippen LogP contribution in [0.25, 0.3) is 6.08 Å². The van der Waals surface area contributed by atoms with Gasteiger partial charge in [0.2, 0.25) is 0 Å². The standard InChI is InChI=1S/C15H11I2NO5S/c1-2-3-23-13-9(16)4-8(5-10(13)17)6-11-14(21)18(7-12(19)20)15(22)24-11/h2,4-6H,1,3,7H2,(H,19,20)/b11-6+. The molecule has 0 aliphatic carbocycles. The zero-order valence-corrected chi connectivity index (χ0v) is 17.3. The lowest BCUT2D eigenvalue weighted by molar-refractivity contribution is -0.140. The zero-order chi connectivity index (χ0) is 17.9. The van der Waals surface area contributed by atoms with Gasteiger partial charge in [0.05, 0.1) is 12.0 Å². The molecule has 9 heteroatoms. The van der Waals surface area contributed by atoms with Gasteiger partial charge in [0.15, 0.2) is 0 Å². The number of amides is 2. The van der Waals surface area contributed by atoms with Crippen LogP contribution in [-0.4, -0.2) is 40.3 Å². The third-order valence-corrected chi connectivity index (χ3v) is 5.34. The van der Waals surface area contributed by atoms with E-state index in [-0.39, 0.29) is 4.91 Å². The average molecular weight is 571 g/mol. The number of aliphatic carboxylic acids is 1. The Bertz CT molecular complexity index is 739.